The zero-order valence-corrected chi connectivity index (χ0v) is 18.9. The molecule has 2 aromatic heterocycles. The molecule has 0 aliphatic heterocycles. The third kappa shape index (κ3) is 6.33. The van der Waals surface area contributed by atoms with Crippen LogP contribution >= 0.6 is 24.0 Å². The summed E-state index contributed by atoms with van der Waals surface area (Å²) in [6.07, 6.45) is 11.8. The molecule has 1 saturated carbocycles. The van der Waals surface area contributed by atoms with Gasteiger partial charge in [-0.1, -0.05) is 25.8 Å². The van der Waals surface area contributed by atoms with Crippen LogP contribution in [0, 0.1) is 5.92 Å². The number of aliphatic imine (C=N–C) groups is 1. The molecular weight excluding hydrogens is 451 g/mol. The summed E-state index contributed by atoms with van der Waals surface area (Å²) in [5.74, 6) is 2.88. The summed E-state index contributed by atoms with van der Waals surface area (Å²) in [6, 6.07) is 6.55. The monoisotopic (exact) mass is 484 g/mol. The lowest BCUT2D eigenvalue weighted by Crippen LogP contribution is -2.45. The molecule has 1 aliphatic carbocycles. The number of nitrogens with zero attached hydrogens (tertiary/aromatic N) is 4. The molecule has 2 heterocycles. The lowest BCUT2D eigenvalue weighted by atomic mass is 9.83. The molecule has 27 heavy (non-hydrogen) atoms. The normalized spacial score (nSPS) is 20.3. The fourth-order valence-corrected chi connectivity index (χ4v) is 3.91. The summed E-state index contributed by atoms with van der Waals surface area (Å²) < 4.78 is 2.06. The van der Waals surface area contributed by atoms with Gasteiger partial charge >= 0.3 is 0 Å². The second-order valence-electron chi connectivity index (χ2n) is 7.30. The van der Waals surface area contributed by atoms with Gasteiger partial charge < -0.3 is 10.6 Å². The molecule has 1 fully saturated rings. The van der Waals surface area contributed by atoms with E-state index < -0.39 is 0 Å². The summed E-state index contributed by atoms with van der Waals surface area (Å²) in [5.41, 5.74) is 0.909. The van der Waals surface area contributed by atoms with E-state index in [4.69, 9.17) is 0 Å². The Bertz CT molecular complexity index is 705. The molecule has 1 aliphatic rings. The molecule has 0 unspecified atom stereocenters. The highest BCUT2D eigenvalue weighted by Gasteiger charge is 2.21. The van der Waals surface area contributed by atoms with Crippen LogP contribution in [0.25, 0.3) is 5.65 Å². The number of nitrogens with one attached hydrogen (secondary N) is 2. The van der Waals surface area contributed by atoms with Gasteiger partial charge in [-0.2, -0.15) is 0 Å². The van der Waals surface area contributed by atoms with Crippen LogP contribution in [0.3, 0.4) is 0 Å². The Kier molecular flexibility index (Phi) is 9.30. The molecule has 2 aromatic rings. The first-order valence-electron chi connectivity index (χ1n) is 10.1. The minimum Gasteiger partial charge on any atom is -0.356 e. The van der Waals surface area contributed by atoms with Crippen LogP contribution in [-0.2, 0) is 6.42 Å². The van der Waals surface area contributed by atoms with Crippen molar-refractivity contribution in [1.29, 1.82) is 0 Å². The van der Waals surface area contributed by atoms with Crippen molar-refractivity contribution in [1.82, 2.24) is 25.2 Å². The van der Waals surface area contributed by atoms with Gasteiger partial charge in [0.2, 0.25) is 0 Å². The standard InChI is InChI=1S/C20H32N6.HI/c1-3-7-16-10-12-17(13-11-16)23-20(21-2)22-14-6-9-19-25-24-18-8-4-5-15-26(18)19;/h4-5,8,15-17H,3,6-7,9-14H2,1-2H3,(H2,21,22,23);1H. The van der Waals surface area contributed by atoms with Crippen LogP contribution in [0.2, 0.25) is 0 Å². The van der Waals surface area contributed by atoms with E-state index in [-0.39, 0.29) is 24.0 Å². The second kappa shape index (κ2) is 11.5. The maximum Gasteiger partial charge on any atom is 0.191 e. The van der Waals surface area contributed by atoms with Gasteiger partial charge in [0.1, 0.15) is 5.82 Å². The van der Waals surface area contributed by atoms with Gasteiger partial charge in [-0.15, -0.1) is 34.2 Å². The van der Waals surface area contributed by atoms with Crippen molar-refractivity contribution in [3.63, 3.8) is 0 Å². The zero-order valence-electron chi connectivity index (χ0n) is 16.5. The van der Waals surface area contributed by atoms with E-state index >= 15 is 0 Å². The Morgan fingerprint density at radius 1 is 1.22 bits per heavy atom. The number of rotatable bonds is 7. The smallest absolute Gasteiger partial charge is 0.191 e. The van der Waals surface area contributed by atoms with Gasteiger partial charge in [0.05, 0.1) is 0 Å². The van der Waals surface area contributed by atoms with Crippen LogP contribution in [0.1, 0.15) is 57.7 Å². The highest BCUT2D eigenvalue weighted by atomic mass is 127. The van der Waals surface area contributed by atoms with Crippen molar-refractivity contribution in [2.75, 3.05) is 13.6 Å². The summed E-state index contributed by atoms with van der Waals surface area (Å²) in [6.45, 7) is 3.17. The van der Waals surface area contributed by atoms with Crippen molar-refractivity contribution in [3.05, 3.63) is 30.2 Å². The van der Waals surface area contributed by atoms with Crippen LogP contribution in [0.4, 0.5) is 0 Å². The van der Waals surface area contributed by atoms with E-state index in [1.807, 2.05) is 31.4 Å². The molecule has 0 aromatic carbocycles. The Labute approximate surface area is 179 Å². The maximum atomic E-state index is 4.38. The van der Waals surface area contributed by atoms with Gasteiger partial charge in [-0.05, 0) is 50.2 Å². The Morgan fingerprint density at radius 3 is 2.78 bits per heavy atom. The van der Waals surface area contributed by atoms with Crippen molar-refractivity contribution in [2.45, 2.75) is 64.3 Å². The summed E-state index contributed by atoms with van der Waals surface area (Å²) in [4.78, 5) is 4.38. The van der Waals surface area contributed by atoms with E-state index in [9.17, 15) is 0 Å². The molecule has 0 amide bonds. The average molecular weight is 484 g/mol. The van der Waals surface area contributed by atoms with Gasteiger partial charge in [0, 0.05) is 32.3 Å². The summed E-state index contributed by atoms with van der Waals surface area (Å²) in [5, 5.41) is 15.5. The van der Waals surface area contributed by atoms with E-state index in [0.29, 0.717) is 6.04 Å². The van der Waals surface area contributed by atoms with E-state index in [2.05, 4.69) is 37.1 Å². The van der Waals surface area contributed by atoms with Gasteiger partial charge in [-0.25, -0.2) is 0 Å². The number of aromatic nitrogens is 3. The lowest BCUT2D eigenvalue weighted by Gasteiger charge is -2.30. The lowest BCUT2D eigenvalue weighted by molar-refractivity contribution is 0.295. The molecule has 0 bridgehead atoms. The first kappa shape index (κ1) is 21.9. The predicted molar refractivity (Wildman–Crippen MR) is 122 cm³/mol. The Hall–Kier alpha value is -1.38. The highest BCUT2D eigenvalue weighted by molar-refractivity contribution is 14.0. The van der Waals surface area contributed by atoms with Gasteiger partial charge in [-0.3, -0.25) is 9.39 Å². The largest absolute Gasteiger partial charge is 0.356 e. The number of guanidine groups is 1. The molecule has 2 N–H and O–H groups in total. The maximum absolute atomic E-state index is 4.38. The summed E-state index contributed by atoms with van der Waals surface area (Å²) in [7, 11) is 1.85. The third-order valence-corrected chi connectivity index (χ3v) is 5.36. The number of halogens is 1. The van der Waals surface area contributed by atoms with Crippen molar-refractivity contribution < 1.29 is 0 Å². The van der Waals surface area contributed by atoms with Crippen LogP contribution < -0.4 is 10.6 Å². The second-order valence-corrected chi connectivity index (χ2v) is 7.30. The molecular formula is C20H33IN6. The SMILES string of the molecule is CCCC1CCC(NC(=NC)NCCCc2nnc3ccccn23)CC1.I. The number of fused-ring (bicyclic) bond motifs is 1. The van der Waals surface area contributed by atoms with E-state index in [0.717, 1.165) is 42.7 Å². The van der Waals surface area contributed by atoms with Crippen molar-refractivity contribution >= 4 is 35.6 Å². The molecule has 0 atom stereocenters. The van der Waals surface area contributed by atoms with Crippen molar-refractivity contribution in [2.24, 2.45) is 10.9 Å². The topological polar surface area (TPSA) is 66.6 Å². The minimum absolute atomic E-state index is 0. The molecule has 6 nitrogen and oxygen atoms in total. The molecule has 150 valence electrons. The predicted octanol–water partition coefficient (Wildman–Crippen LogP) is 3.80. The molecule has 3 rings (SSSR count). The molecule has 7 heteroatoms. The third-order valence-electron chi connectivity index (χ3n) is 5.36. The number of hydrogen-bond acceptors (Lipinski definition) is 3. The quantitative estimate of drug-likeness (QED) is 0.272. The van der Waals surface area contributed by atoms with Crippen molar-refractivity contribution in [3.8, 4) is 0 Å². The fourth-order valence-electron chi connectivity index (χ4n) is 3.91. The van der Waals surface area contributed by atoms with E-state index in [1.165, 1.54) is 38.5 Å². The van der Waals surface area contributed by atoms with Gasteiger partial charge in [0.15, 0.2) is 11.6 Å². The highest BCUT2D eigenvalue weighted by Crippen LogP contribution is 2.27. The molecule has 0 spiro atoms. The Morgan fingerprint density at radius 2 is 2.04 bits per heavy atom. The van der Waals surface area contributed by atoms with E-state index in [1.54, 1.807) is 0 Å². The first-order valence-corrected chi connectivity index (χ1v) is 10.1. The number of aryl methyl sites for hydroxylation is 1. The molecule has 0 radical (unpaired) electrons. The zero-order chi connectivity index (χ0) is 18.2. The Balaban J connectivity index is 0.00000261. The van der Waals surface area contributed by atoms with Gasteiger partial charge in [0.25, 0.3) is 0 Å². The summed E-state index contributed by atoms with van der Waals surface area (Å²) >= 11 is 0. The number of pyridine rings is 1. The number of hydrogen-bond donors (Lipinski definition) is 2. The molecule has 0 saturated heterocycles. The minimum atomic E-state index is 0. The van der Waals surface area contributed by atoms with Crippen LogP contribution in [0.5, 0.6) is 0 Å². The average Bonchev–Trinajstić information content (AvgIpc) is 3.09. The van der Waals surface area contributed by atoms with Crippen LogP contribution in [0.15, 0.2) is 29.4 Å². The first-order chi connectivity index (χ1) is 12.8. The fraction of sp³-hybridized carbons (Fsp3) is 0.650. The van der Waals surface area contributed by atoms with Crippen LogP contribution in [-0.4, -0.2) is 40.2 Å².